The number of ether oxygens (including phenoxy) is 2. The van der Waals surface area contributed by atoms with E-state index in [2.05, 4.69) is 15.3 Å². The number of benzene rings is 3. The van der Waals surface area contributed by atoms with Gasteiger partial charge in [-0.2, -0.15) is 14.9 Å². The van der Waals surface area contributed by atoms with Crippen LogP contribution >= 0.6 is 12.2 Å². The Morgan fingerprint density at radius 3 is 2.16 bits per heavy atom. The molecule has 0 amide bonds. The van der Waals surface area contributed by atoms with Crippen LogP contribution in [0.4, 0.5) is 0 Å². The fourth-order valence-electron chi connectivity index (χ4n) is 3.10. The third kappa shape index (κ3) is 5.50. The van der Waals surface area contributed by atoms with E-state index < -0.39 is 0 Å². The van der Waals surface area contributed by atoms with Gasteiger partial charge in [0, 0.05) is 6.42 Å². The molecule has 4 rings (SSSR count). The Hall–Kier alpha value is -3.71. The molecule has 7 heteroatoms. The fraction of sp³-hybridized carbons (Fsp3) is 0.160. The molecule has 4 aromatic rings. The summed E-state index contributed by atoms with van der Waals surface area (Å²) >= 11 is 5.26. The summed E-state index contributed by atoms with van der Waals surface area (Å²) in [4.78, 5) is 0. The van der Waals surface area contributed by atoms with E-state index in [-0.39, 0.29) is 0 Å². The molecule has 0 bridgehead atoms. The lowest BCUT2D eigenvalue weighted by atomic mass is 10.2. The molecule has 0 spiro atoms. The highest BCUT2D eigenvalue weighted by Crippen LogP contribution is 2.29. The van der Waals surface area contributed by atoms with Gasteiger partial charge < -0.3 is 9.47 Å². The largest absolute Gasteiger partial charge is 0.485 e. The van der Waals surface area contributed by atoms with Crippen molar-refractivity contribution in [3.63, 3.8) is 0 Å². The molecule has 0 aliphatic rings. The number of rotatable bonds is 9. The molecule has 32 heavy (non-hydrogen) atoms. The molecule has 0 fully saturated rings. The van der Waals surface area contributed by atoms with E-state index >= 15 is 0 Å². The lowest BCUT2D eigenvalue weighted by molar-refractivity contribution is 0.256. The summed E-state index contributed by atoms with van der Waals surface area (Å²) in [6.45, 7) is 2.90. The zero-order valence-corrected chi connectivity index (χ0v) is 18.6. The number of hydrogen-bond acceptors (Lipinski definition) is 5. The van der Waals surface area contributed by atoms with Crippen molar-refractivity contribution in [1.82, 2.24) is 14.9 Å². The molecule has 0 aliphatic carbocycles. The van der Waals surface area contributed by atoms with Gasteiger partial charge in [0.05, 0.1) is 6.21 Å². The molecular weight excluding hydrogens is 420 g/mol. The van der Waals surface area contributed by atoms with Gasteiger partial charge >= 0.3 is 0 Å². The normalized spacial score (nSPS) is 11.0. The highest BCUT2D eigenvalue weighted by atomic mass is 32.1. The third-order valence-corrected chi connectivity index (χ3v) is 5.06. The maximum Gasteiger partial charge on any atom is 0.216 e. The standard InChI is InChI=1S/C25H24N4O2S/c1-2-24-27-28-25(32)29(24)26-16-21-13-14-22(30-17-19-9-5-3-6-10-19)23(15-21)31-18-20-11-7-4-8-12-20/h3-16H,2,17-18H2,1H3,(H,28,32)/b26-16-. The summed E-state index contributed by atoms with van der Waals surface area (Å²) in [5.41, 5.74) is 3.04. The summed E-state index contributed by atoms with van der Waals surface area (Å²) in [5, 5.41) is 11.4. The van der Waals surface area contributed by atoms with E-state index in [0.717, 1.165) is 28.9 Å². The van der Waals surface area contributed by atoms with Gasteiger partial charge in [0.1, 0.15) is 13.2 Å². The van der Waals surface area contributed by atoms with Gasteiger partial charge in [-0.3, -0.25) is 5.10 Å². The van der Waals surface area contributed by atoms with Gasteiger partial charge in [0.15, 0.2) is 17.3 Å². The van der Waals surface area contributed by atoms with Gasteiger partial charge in [0.25, 0.3) is 0 Å². The van der Waals surface area contributed by atoms with Crippen LogP contribution in [0.25, 0.3) is 0 Å². The number of aryl methyl sites for hydroxylation is 1. The highest BCUT2D eigenvalue weighted by Gasteiger charge is 2.08. The quantitative estimate of drug-likeness (QED) is 0.272. The van der Waals surface area contributed by atoms with Crippen molar-refractivity contribution in [1.29, 1.82) is 0 Å². The summed E-state index contributed by atoms with van der Waals surface area (Å²) in [5.74, 6) is 2.10. The number of nitrogens with one attached hydrogen (secondary N) is 1. The topological polar surface area (TPSA) is 64.4 Å². The van der Waals surface area contributed by atoms with Crippen molar-refractivity contribution in [2.75, 3.05) is 0 Å². The lowest BCUT2D eigenvalue weighted by Gasteiger charge is -2.14. The van der Waals surface area contributed by atoms with Crippen LogP contribution in [-0.4, -0.2) is 21.1 Å². The first kappa shape index (κ1) is 21.5. The van der Waals surface area contributed by atoms with Gasteiger partial charge in [-0.15, -0.1) is 0 Å². The van der Waals surface area contributed by atoms with E-state index in [9.17, 15) is 0 Å². The van der Waals surface area contributed by atoms with Gasteiger partial charge in [-0.05, 0) is 47.1 Å². The van der Waals surface area contributed by atoms with Crippen LogP contribution in [0.3, 0.4) is 0 Å². The van der Waals surface area contributed by atoms with Crippen molar-refractivity contribution in [3.05, 3.63) is 106 Å². The summed E-state index contributed by atoms with van der Waals surface area (Å²) in [7, 11) is 0. The average Bonchev–Trinajstić information content (AvgIpc) is 3.21. The maximum absolute atomic E-state index is 6.13. The van der Waals surface area contributed by atoms with Crippen LogP contribution in [0.1, 0.15) is 29.4 Å². The molecule has 0 saturated heterocycles. The van der Waals surface area contributed by atoms with Crippen LogP contribution in [0.2, 0.25) is 0 Å². The third-order valence-electron chi connectivity index (χ3n) is 4.80. The molecule has 1 aromatic heterocycles. The van der Waals surface area contributed by atoms with Gasteiger partial charge in [0.2, 0.25) is 4.77 Å². The fourth-order valence-corrected chi connectivity index (χ4v) is 3.30. The van der Waals surface area contributed by atoms with E-state index in [1.54, 1.807) is 10.9 Å². The first-order chi connectivity index (χ1) is 15.7. The van der Waals surface area contributed by atoms with E-state index in [1.807, 2.05) is 85.8 Å². The van der Waals surface area contributed by atoms with Crippen molar-refractivity contribution >= 4 is 18.4 Å². The highest BCUT2D eigenvalue weighted by molar-refractivity contribution is 7.71. The van der Waals surface area contributed by atoms with Crippen LogP contribution in [0, 0.1) is 4.77 Å². The molecule has 0 unspecified atom stereocenters. The predicted octanol–water partition coefficient (Wildman–Crippen LogP) is 5.54. The molecule has 0 aliphatic heterocycles. The minimum Gasteiger partial charge on any atom is -0.485 e. The zero-order valence-electron chi connectivity index (χ0n) is 17.8. The first-order valence-electron chi connectivity index (χ1n) is 10.4. The minimum absolute atomic E-state index is 0.440. The Morgan fingerprint density at radius 2 is 1.53 bits per heavy atom. The first-order valence-corrected chi connectivity index (χ1v) is 10.8. The number of aromatic amines is 1. The monoisotopic (exact) mass is 444 g/mol. The maximum atomic E-state index is 6.13. The van der Waals surface area contributed by atoms with Gasteiger partial charge in [-0.25, -0.2) is 0 Å². The van der Waals surface area contributed by atoms with Crippen LogP contribution < -0.4 is 9.47 Å². The van der Waals surface area contributed by atoms with Crippen LogP contribution in [0.15, 0.2) is 84.0 Å². The predicted molar refractivity (Wildman–Crippen MR) is 128 cm³/mol. The van der Waals surface area contributed by atoms with Crippen LogP contribution in [0.5, 0.6) is 11.5 Å². The molecule has 0 saturated carbocycles. The average molecular weight is 445 g/mol. The Morgan fingerprint density at radius 1 is 0.906 bits per heavy atom. The molecule has 1 heterocycles. The number of nitrogens with zero attached hydrogens (tertiary/aromatic N) is 3. The Balaban J connectivity index is 1.57. The van der Waals surface area contributed by atoms with Crippen molar-refractivity contribution in [2.24, 2.45) is 5.10 Å². The second-order valence-corrected chi connectivity index (χ2v) is 7.50. The van der Waals surface area contributed by atoms with Crippen molar-refractivity contribution in [3.8, 4) is 11.5 Å². The SMILES string of the molecule is CCc1n[nH]c(=S)n1/N=C\c1ccc(OCc2ccccc2)c(OCc2ccccc2)c1. The van der Waals surface area contributed by atoms with E-state index in [4.69, 9.17) is 21.7 Å². The number of hydrogen-bond donors (Lipinski definition) is 1. The van der Waals surface area contributed by atoms with Crippen molar-refractivity contribution < 1.29 is 9.47 Å². The van der Waals surface area contributed by atoms with Crippen LogP contribution in [-0.2, 0) is 19.6 Å². The molecule has 1 N–H and O–H groups in total. The number of H-pyrrole nitrogens is 1. The molecule has 162 valence electrons. The molecular formula is C25H24N4O2S. The molecule has 0 radical (unpaired) electrons. The van der Waals surface area contributed by atoms with E-state index in [0.29, 0.717) is 29.5 Å². The van der Waals surface area contributed by atoms with Crippen molar-refractivity contribution in [2.45, 2.75) is 26.6 Å². The minimum atomic E-state index is 0.440. The Bertz CT molecular complexity index is 1230. The second kappa shape index (κ2) is 10.5. The molecule has 3 aromatic carbocycles. The van der Waals surface area contributed by atoms with E-state index in [1.165, 1.54) is 0 Å². The Kier molecular flexibility index (Phi) is 7.09. The summed E-state index contributed by atoms with van der Waals surface area (Å²) < 4.78 is 14.3. The Labute approximate surface area is 192 Å². The molecule has 6 nitrogen and oxygen atoms in total. The summed E-state index contributed by atoms with van der Waals surface area (Å²) in [6.07, 6.45) is 2.46. The second-order valence-electron chi connectivity index (χ2n) is 7.11. The number of aromatic nitrogens is 3. The zero-order chi connectivity index (χ0) is 22.2. The lowest BCUT2D eigenvalue weighted by Crippen LogP contribution is -2.02. The summed E-state index contributed by atoms with van der Waals surface area (Å²) in [6, 6.07) is 25.8. The van der Waals surface area contributed by atoms with Gasteiger partial charge in [-0.1, -0.05) is 67.6 Å². The molecule has 0 atom stereocenters. The smallest absolute Gasteiger partial charge is 0.216 e.